The third-order valence-electron chi connectivity index (χ3n) is 9.98. The van der Waals surface area contributed by atoms with Gasteiger partial charge in [0, 0.05) is 29.7 Å². The number of nitrogens with one attached hydrogen (secondary N) is 1. The van der Waals surface area contributed by atoms with Gasteiger partial charge in [-0.25, -0.2) is 9.36 Å². The summed E-state index contributed by atoms with van der Waals surface area (Å²) in [6.07, 6.45) is 31.3. The second kappa shape index (κ2) is 25.2. The molecule has 2 heterocycles. The average Bonchev–Trinajstić information content (AvgIpc) is 3.63. The Morgan fingerprint density at radius 2 is 1.47 bits per heavy atom. The summed E-state index contributed by atoms with van der Waals surface area (Å²) >= 11 is 2.01. The quantitative estimate of drug-likeness (QED) is 0.0926. The molecule has 0 fully saturated rings. The summed E-state index contributed by atoms with van der Waals surface area (Å²) in [4.78, 5) is 30.5. The second-order valence-corrected chi connectivity index (χ2v) is 15.4. The van der Waals surface area contributed by atoms with Crippen molar-refractivity contribution in [2.24, 2.45) is 4.99 Å². The fourth-order valence-corrected chi connectivity index (χ4v) is 8.10. The number of hydrogen-bond acceptors (Lipinski definition) is 7. The monoisotopic (exact) mass is 719 g/mol. The van der Waals surface area contributed by atoms with Gasteiger partial charge in [0.15, 0.2) is 0 Å². The number of rotatable bonds is 27. The fraction of sp³-hybridized carbons (Fsp3) is 0.651. The first kappa shape index (κ1) is 40.9. The molecule has 0 radical (unpaired) electrons. The van der Waals surface area contributed by atoms with E-state index in [0.29, 0.717) is 29.7 Å². The fourth-order valence-electron chi connectivity index (χ4n) is 6.95. The lowest BCUT2D eigenvalue weighted by atomic mass is 9.98. The number of aliphatic imine (C=N–C) groups is 1. The van der Waals surface area contributed by atoms with Gasteiger partial charge in [0.2, 0.25) is 0 Å². The van der Waals surface area contributed by atoms with E-state index in [2.05, 4.69) is 30.5 Å². The highest BCUT2D eigenvalue weighted by molar-refractivity contribution is 8.00. The summed E-state index contributed by atoms with van der Waals surface area (Å²) in [5.41, 5.74) is 2.71. The molecule has 0 spiro atoms. The lowest BCUT2D eigenvalue weighted by molar-refractivity contribution is 0.145. The van der Waals surface area contributed by atoms with E-state index in [9.17, 15) is 9.59 Å². The Morgan fingerprint density at radius 3 is 2.18 bits per heavy atom. The van der Waals surface area contributed by atoms with Gasteiger partial charge in [-0.15, -0.1) is 11.8 Å². The van der Waals surface area contributed by atoms with Crippen molar-refractivity contribution in [1.82, 2.24) is 9.88 Å². The van der Waals surface area contributed by atoms with Crippen LogP contribution in [0.15, 0.2) is 63.9 Å². The van der Waals surface area contributed by atoms with Crippen LogP contribution in [-0.4, -0.2) is 60.2 Å². The van der Waals surface area contributed by atoms with Gasteiger partial charge in [-0.05, 0) is 67.5 Å². The van der Waals surface area contributed by atoms with Crippen LogP contribution in [0.2, 0.25) is 0 Å². The van der Waals surface area contributed by atoms with Crippen molar-refractivity contribution < 1.29 is 14.3 Å². The van der Waals surface area contributed by atoms with Crippen molar-refractivity contribution in [3.63, 3.8) is 0 Å². The maximum Gasteiger partial charge on any atom is 0.421 e. The third-order valence-corrected chi connectivity index (χ3v) is 11.2. The number of ether oxygens (including phenoxy) is 2. The van der Waals surface area contributed by atoms with Crippen molar-refractivity contribution in [1.29, 1.82) is 0 Å². The van der Waals surface area contributed by atoms with Crippen molar-refractivity contribution >= 4 is 34.5 Å². The molecule has 8 heteroatoms. The van der Waals surface area contributed by atoms with Gasteiger partial charge in [-0.2, -0.15) is 0 Å². The standard InChI is InChI=1S/C43H65N3O4S/c1-2-3-4-5-6-7-8-9-10-11-12-13-14-15-16-17-19-33-50-43(48)46-40-35-37(26-24-36(40)25-27-42(46)47)49-32-20-18-29-44-30-31-45-39-22-21-23-41-38(39)28-34-51-41/h21-22,24-28,35,41,44H,2-20,23,29-34H2,1H3. The lowest BCUT2D eigenvalue weighted by Crippen LogP contribution is -2.27. The first-order chi connectivity index (χ1) is 25.2. The van der Waals surface area contributed by atoms with Crippen molar-refractivity contribution in [3.05, 3.63) is 64.5 Å². The van der Waals surface area contributed by atoms with Crippen LogP contribution in [0.3, 0.4) is 0 Å². The van der Waals surface area contributed by atoms with Gasteiger partial charge in [0.1, 0.15) is 5.75 Å². The number of hydrogen-bond donors (Lipinski definition) is 1. The molecular weight excluding hydrogens is 655 g/mol. The maximum absolute atomic E-state index is 13.0. The highest BCUT2D eigenvalue weighted by atomic mass is 32.2. The summed E-state index contributed by atoms with van der Waals surface area (Å²) in [5.74, 6) is 1.75. The molecule has 1 unspecified atom stereocenters. The van der Waals surface area contributed by atoms with Crippen LogP contribution in [0.1, 0.15) is 135 Å². The maximum atomic E-state index is 13.0. The Balaban J connectivity index is 1.03. The summed E-state index contributed by atoms with van der Waals surface area (Å²) in [6.45, 7) is 5.72. The van der Waals surface area contributed by atoms with E-state index in [1.54, 1.807) is 12.1 Å². The Bertz CT molecular complexity index is 1450. The van der Waals surface area contributed by atoms with E-state index in [0.717, 1.165) is 79.6 Å². The average molecular weight is 720 g/mol. The highest BCUT2D eigenvalue weighted by Crippen LogP contribution is 2.33. The summed E-state index contributed by atoms with van der Waals surface area (Å²) in [6, 6.07) is 8.71. The zero-order valence-electron chi connectivity index (χ0n) is 31.5. The topological polar surface area (TPSA) is 81.9 Å². The van der Waals surface area contributed by atoms with E-state index in [-0.39, 0.29) is 5.56 Å². The van der Waals surface area contributed by atoms with Crippen molar-refractivity contribution in [2.75, 3.05) is 38.6 Å². The van der Waals surface area contributed by atoms with Crippen LogP contribution in [0, 0.1) is 0 Å². The SMILES string of the molecule is CCCCCCCCCCCCCCCCCCCOC(=O)n1c(=O)ccc2ccc(OCCCCNCCN=C3C=CCC4SCC=C34)cc21. The van der Waals surface area contributed by atoms with E-state index in [1.165, 1.54) is 102 Å². The molecule has 1 aromatic carbocycles. The summed E-state index contributed by atoms with van der Waals surface area (Å²) in [5, 5.41) is 4.89. The predicted octanol–water partition coefficient (Wildman–Crippen LogP) is 10.8. The summed E-state index contributed by atoms with van der Waals surface area (Å²) < 4.78 is 12.7. The first-order valence-electron chi connectivity index (χ1n) is 20.4. The normalized spacial score (nSPS) is 16.1. The van der Waals surface area contributed by atoms with Crippen LogP contribution in [-0.2, 0) is 4.74 Å². The molecule has 2 aliphatic rings. The van der Waals surface area contributed by atoms with E-state index < -0.39 is 6.09 Å². The Kier molecular flexibility index (Phi) is 20.2. The Hall–Kier alpha value is -2.84. The van der Waals surface area contributed by atoms with E-state index in [1.807, 2.05) is 23.9 Å². The number of allylic oxidation sites excluding steroid dienone is 2. The predicted molar refractivity (Wildman–Crippen MR) is 217 cm³/mol. The second-order valence-electron chi connectivity index (χ2n) is 14.2. The number of benzene rings is 1. The Labute approximate surface area is 312 Å². The number of nitrogens with zero attached hydrogens (tertiary/aromatic N) is 2. The van der Waals surface area contributed by atoms with Gasteiger partial charge < -0.3 is 14.8 Å². The number of thioether (sulfide) groups is 1. The summed E-state index contributed by atoms with van der Waals surface area (Å²) in [7, 11) is 0. The minimum absolute atomic E-state index is 0.326. The number of carbonyl (C=O) groups is 1. The molecule has 4 rings (SSSR count). The molecule has 282 valence electrons. The van der Waals surface area contributed by atoms with E-state index in [4.69, 9.17) is 14.5 Å². The third kappa shape index (κ3) is 15.3. The van der Waals surface area contributed by atoms with E-state index >= 15 is 0 Å². The molecule has 0 bridgehead atoms. The molecule has 1 atom stereocenters. The minimum Gasteiger partial charge on any atom is -0.494 e. The molecule has 1 aliphatic carbocycles. The Morgan fingerprint density at radius 1 is 0.824 bits per heavy atom. The molecule has 0 amide bonds. The van der Waals surface area contributed by atoms with Crippen LogP contribution in [0.25, 0.3) is 10.9 Å². The lowest BCUT2D eigenvalue weighted by Gasteiger charge is -2.17. The largest absolute Gasteiger partial charge is 0.494 e. The van der Waals surface area contributed by atoms with Gasteiger partial charge in [0.25, 0.3) is 5.56 Å². The number of fused-ring (bicyclic) bond motifs is 2. The zero-order chi connectivity index (χ0) is 35.8. The van der Waals surface area contributed by atoms with Crippen molar-refractivity contribution in [2.45, 2.75) is 141 Å². The molecule has 1 aliphatic heterocycles. The van der Waals surface area contributed by atoms with Crippen molar-refractivity contribution in [3.8, 4) is 5.75 Å². The number of carbonyl (C=O) groups excluding carboxylic acids is 1. The van der Waals surface area contributed by atoms with Crippen LogP contribution >= 0.6 is 11.8 Å². The number of aromatic nitrogens is 1. The minimum atomic E-state index is -0.617. The van der Waals surface area contributed by atoms with Crippen LogP contribution in [0.5, 0.6) is 5.75 Å². The molecule has 51 heavy (non-hydrogen) atoms. The van der Waals surface area contributed by atoms with Gasteiger partial charge in [-0.3, -0.25) is 9.79 Å². The molecule has 1 N–H and O–H groups in total. The first-order valence-corrected chi connectivity index (χ1v) is 21.4. The molecule has 1 aromatic heterocycles. The zero-order valence-corrected chi connectivity index (χ0v) is 32.3. The number of pyridine rings is 1. The molecule has 2 aromatic rings. The molecule has 0 saturated heterocycles. The van der Waals surface area contributed by atoms with Gasteiger partial charge in [-0.1, -0.05) is 122 Å². The number of unbranched alkanes of at least 4 members (excludes halogenated alkanes) is 17. The molecule has 7 nitrogen and oxygen atoms in total. The van der Waals surface area contributed by atoms with Crippen LogP contribution in [0.4, 0.5) is 4.79 Å². The highest BCUT2D eigenvalue weighted by Gasteiger charge is 2.24. The van der Waals surface area contributed by atoms with Crippen LogP contribution < -0.4 is 15.6 Å². The molecule has 0 saturated carbocycles. The van der Waals surface area contributed by atoms with Gasteiger partial charge in [0.05, 0.1) is 31.0 Å². The van der Waals surface area contributed by atoms with Gasteiger partial charge >= 0.3 is 6.09 Å². The smallest absolute Gasteiger partial charge is 0.421 e. The molecular formula is C43H65N3O4S.